The van der Waals surface area contributed by atoms with Crippen molar-refractivity contribution in [2.24, 2.45) is 5.73 Å². The summed E-state index contributed by atoms with van der Waals surface area (Å²) in [6, 6.07) is 8.98. The fourth-order valence-corrected chi connectivity index (χ4v) is 2.97. The van der Waals surface area contributed by atoms with Crippen molar-refractivity contribution in [1.29, 1.82) is 0 Å². The number of hydrogen-bond acceptors (Lipinski definition) is 4. The molecule has 0 amide bonds. The number of nitrogens with two attached hydrogens (primary N) is 1. The van der Waals surface area contributed by atoms with Gasteiger partial charge in [-0.15, -0.1) is 0 Å². The van der Waals surface area contributed by atoms with Crippen LogP contribution in [0.4, 0.5) is 0 Å². The fraction of sp³-hybridized carbons (Fsp3) is 0.417. The maximum Gasteiger partial charge on any atom is 0.323 e. The van der Waals surface area contributed by atoms with Gasteiger partial charge in [-0.05, 0) is 12.5 Å². The van der Waals surface area contributed by atoms with E-state index < -0.39 is 21.2 Å². The summed E-state index contributed by atoms with van der Waals surface area (Å²) < 4.78 is 25.4. The molecule has 1 aromatic rings. The first-order valence-corrected chi connectivity index (χ1v) is 7.35. The average Bonchev–Trinajstić information content (AvgIpc) is 2.38. The lowest BCUT2D eigenvalue weighted by Gasteiger charge is -2.23. The molecule has 7 heteroatoms. The van der Waals surface area contributed by atoms with E-state index in [9.17, 15) is 13.2 Å². The van der Waals surface area contributed by atoms with E-state index >= 15 is 0 Å². The van der Waals surface area contributed by atoms with Crippen molar-refractivity contribution in [3.05, 3.63) is 35.9 Å². The van der Waals surface area contributed by atoms with Crippen LogP contribution in [0.5, 0.6) is 0 Å². The smallest absolute Gasteiger partial charge is 0.323 e. The molecule has 0 aliphatic rings. The molecule has 0 saturated heterocycles. The third-order valence-electron chi connectivity index (χ3n) is 2.73. The maximum atomic E-state index is 12.2. The van der Waals surface area contributed by atoms with Gasteiger partial charge >= 0.3 is 5.97 Å². The summed E-state index contributed by atoms with van der Waals surface area (Å²) in [6.07, 6.45) is 0. The number of carboxylic acid groups (broad SMARTS) is 1. The van der Waals surface area contributed by atoms with E-state index in [0.29, 0.717) is 0 Å². The third kappa shape index (κ3) is 4.02. The highest BCUT2D eigenvalue weighted by Crippen LogP contribution is 2.13. The van der Waals surface area contributed by atoms with Crippen molar-refractivity contribution in [3.63, 3.8) is 0 Å². The van der Waals surface area contributed by atoms with Crippen LogP contribution >= 0.6 is 0 Å². The lowest BCUT2D eigenvalue weighted by molar-refractivity contribution is -0.136. The highest BCUT2D eigenvalue weighted by Gasteiger charge is 2.33. The molecule has 3 N–H and O–H groups in total. The second kappa shape index (κ2) is 6.65. The van der Waals surface area contributed by atoms with Gasteiger partial charge in [0, 0.05) is 19.6 Å². The first-order valence-electron chi connectivity index (χ1n) is 5.85. The predicted molar refractivity (Wildman–Crippen MR) is 71.9 cm³/mol. The van der Waals surface area contributed by atoms with Crippen LogP contribution in [0.15, 0.2) is 30.3 Å². The van der Waals surface area contributed by atoms with Gasteiger partial charge in [-0.25, -0.2) is 8.42 Å². The molecule has 0 aromatic heterocycles. The van der Waals surface area contributed by atoms with Crippen LogP contribution in [0.1, 0.15) is 12.5 Å². The van der Waals surface area contributed by atoms with Crippen molar-refractivity contribution in [2.45, 2.75) is 18.7 Å². The number of aliphatic carboxylic acids is 1. The average molecular weight is 286 g/mol. The molecule has 1 aromatic carbocycles. The molecule has 0 heterocycles. The number of rotatable bonds is 7. The second-order valence-electron chi connectivity index (χ2n) is 4.13. The SMILES string of the molecule is CC(C(=O)O)S(=O)(=O)N(CCN)Cc1ccccc1. The minimum Gasteiger partial charge on any atom is -0.480 e. The standard InChI is InChI=1S/C12H18N2O4S/c1-10(12(15)16)19(17,18)14(8-7-13)9-11-5-3-2-4-6-11/h2-6,10H,7-9,13H2,1H3,(H,15,16). The predicted octanol–water partition coefficient (Wildman–Crippen LogP) is 0.250. The van der Waals surface area contributed by atoms with Crippen LogP contribution in [-0.2, 0) is 21.4 Å². The van der Waals surface area contributed by atoms with Gasteiger partial charge in [0.15, 0.2) is 5.25 Å². The zero-order valence-corrected chi connectivity index (χ0v) is 11.5. The summed E-state index contributed by atoms with van der Waals surface area (Å²) in [5.41, 5.74) is 6.19. The van der Waals surface area contributed by atoms with Crippen molar-refractivity contribution < 1.29 is 18.3 Å². The fourth-order valence-electron chi connectivity index (χ4n) is 1.58. The molecule has 1 rings (SSSR count). The van der Waals surface area contributed by atoms with E-state index in [0.717, 1.165) is 16.8 Å². The first-order chi connectivity index (χ1) is 8.89. The third-order valence-corrected chi connectivity index (χ3v) is 4.86. The summed E-state index contributed by atoms with van der Waals surface area (Å²) in [7, 11) is -3.91. The van der Waals surface area contributed by atoms with Crippen molar-refractivity contribution in [2.75, 3.05) is 13.1 Å². The van der Waals surface area contributed by atoms with Crippen LogP contribution in [0.25, 0.3) is 0 Å². The summed E-state index contributed by atoms with van der Waals surface area (Å²) in [4.78, 5) is 10.9. The van der Waals surface area contributed by atoms with Gasteiger partial charge in [0.05, 0.1) is 0 Å². The summed E-state index contributed by atoms with van der Waals surface area (Å²) in [6.45, 7) is 1.51. The van der Waals surface area contributed by atoms with E-state index in [4.69, 9.17) is 10.8 Å². The van der Waals surface area contributed by atoms with Gasteiger partial charge in [0.2, 0.25) is 10.0 Å². The quantitative estimate of drug-likeness (QED) is 0.748. The zero-order chi connectivity index (χ0) is 14.5. The monoisotopic (exact) mass is 286 g/mol. The van der Waals surface area contributed by atoms with E-state index in [1.165, 1.54) is 0 Å². The molecular formula is C12H18N2O4S. The van der Waals surface area contributed by atoms with Gasteiger partial charge in [-0.2, -0.15) is 4.31 Å². The van der Waals surface area contributed by atoms with E-state index in [1.807, 2.05) is 6.07 Å². The molecule has 0 spiro atoms. The topological polar surface area (TPSA) is 101 Å². The molecule has 1 atom stereocenters. The largest absolute Gasteiger partial charge is 0.480 e. The van der Waals surface area contributed by atoms with E-state index in [-0.39, 0.29) is 19.6 Å². The summed E-state index contributed by atoms with van der Waals surface area (Å²) in [5.74, 6) is -1.37. The Hall–Kier alpha value is -1.44. The lowest BCUT2D eigenvalue weighted by Crippen LogP contribution is -2.42. The Morgan fingerprint density at radius 2 is 1.95 bits per heavy atom. The number of benzene rings is 1. The van der Waals surface area contributed by atoms with Gasteiger partial charge in [0.25, 0.3) is 0 Å². The Bertz CT molecular complexity index is 516. The molecule has 0 saturated carbocycles. The van der Waals surface area contributed by atoms with Gasteiger partial charge < -0.3 is 10.8 Å². The molecule has 0 bridgehead atoms. The zero-order valence-electron chi connectivity index (χ0n) is 10.7. The summed E-state index contributed by atoms with van der Waals surface area (Å²) in [5, 5.41) is 7.38. The van der Waals surface area contributed by atoms with Crippen molar-refractivity contribution in [3.8, 4) is 0 Å². The van der Waals surface area contributed by atoms with Crippen LogP contribution in [-0.4, -0.2) is 42.1 Å². The maximum absolute atomic E-state index is 12.2. The number of hydrogen-bond donors (Lipinski definition) is 2. The number of sulfonamides is 1. The van der Waals surface area contributed by atoms with E-state index in [2.05, 4.69) is 0 Å². The van der Waals surface area contributed by atoms with Crippen LogP contribution < -0.4 is 5.73 Å². The Kier molecular flexibility index (Phi) is 5.46. The molecule has 0 fully saturated rings. The Morgan fingerprint density at radius 1 is 1.37 bits per heavy atom. The summed E-state index contributed by atoms with van der Waals surface area (Å²) >= 11 is 0. The van der Waals surface area contributed by atoms with Gasteiger partial charge in [-0.1, -0.05) is 30.3 Å². The van der Waals surface area contributed by atoms with Gasteiger partial charge in [0.1, 0.15) is 0 Å². The molecule has 0 aliphatic heterocycles. The lowest BCUT2D eigenvalue weighted by atomic mass is 10.2. The molecule has 0 radical (unpaired) electrons. The van der Waals surface area contributed by atoms with Crippen molar-refractivity contribution >= 4 is 16.0 Å². The molecule has 1 unspecified atom stereocenters. The molecule has 19 heavy (non-hydrogen) atoms. The van der Waals surface area contributed by atoms with Crippen LogP contribution in [0.2, 0.25) is 0 Å². The minimum atomic E-state index is -3.91. The first kappa shape index (κ1) is 15.6. The Morgan fingerprint density at radius 3 is 2.42 bits per heavy atom. The molecule has 106 valence electrons. The van der Waals surface area contributed by atoms with Crippen LogP contribution in [0, 0.1) is 0 Å². The van der Waals surface area contributed by atoms with E-state index in [1.54, 1.807) is 24.3 Å². The highest BCUT2D eigenvalue weighted by atomic mass is 32.2. The molecule has 6 nitrogen and oxygen atoms in total. The Balaban J connectivity index is 2.97. The number of carboxylic acids is 1. The number of nitrogens with zero attached hydrogens (tertiary/aromatic N) is 1. The highest BCUT2D eigenvalue weighted by molar-refractivity contribution is 7.90. The van der Waals surface area contributed by atoms with Crippen LogP contribution in [0.3, 0.4) is 0 Å². The molecule has 0 aliphatic carbocycles. The van der Waals surface area contributed by atoms with Crippen molar-refractivity contribution in [1.82, 2.24) is 4.31 Å². The number of carbonyl (C=O) groups is 1. The normalized spacial score (nSPS) is 13.4. The minimum absolute atomic E-state index is 0.0921. The molecular weight excluding hydrogens is 268 g/mol. The Labute approximate surface area is 112 Å². The van der Waals surface area contributed by atoms with Gasteiger partial charge in [-0.3, -0.25) is 4.79 Å². The second-order valence-corrected chi connectivity index (χ2v) is 6.39.